The summed E-state index contributed by atoms with van der Waals surface area (Å²) in [5, 5.41) is 1.24. The van der Waals surface area contributed by atoms with Crippen molar-refractivity contribution in [2.24, 2.45) is 0 Å². The first kappa shape index (κ1) is 13.2. The number of rotatable bonds is 5. The Kier molecular flexibility index (Phi) is 3.51. The summed E-state index contributed by atoms with van der Waals surface area (Å²) < 4.78 is 0. The number of aromatic nitrogens is 1. The SMILES string of the molecule is CC(C)N(C(=O)CCc1c[nH]c2ccccc12)C1CC1. The molecule has 3 nitrogen and oxygen atoms in total. The van der Waals surface area contributed by atoms with Gasteiger partial charge in [-0.2, -0.15) is 0 Å². The Labute approximate surface area is 120 Å². The van der Waals surface area contributed by atoms with E-state index in [-0.39, 0.29) is 0 Å². The molecular weight excluding hydrogens is 248 g/mol. The largest absolute Gasteiger partial charge is 0.361 e. The van der Waals surface area contributed by atoms with Gasteiger partial charge in [0.1, 0.15) is 0 Å². The van der Waals surface area contributed by atoms with Crippen LogP contribution in [0.2, 0.25) is 0 Å². The van der Waals surface area contributed by atoms with Crippen LogP contribution in [0.5, 0.6) is 0 Å². The summed E-state index contributed by atoms with van der Waals surface area (Å²) in [5.74, 6) is 0.299. The molecule has 106 valence electrons. The van der Waals surface area contributed by atoms with E-state index in [2.05, 4.69) is 35.9 Å². The molecule has 20 heavy (non-hydrogen) atoms. The average Bonchev–Trinajstić information content (AvgIpc) is 3.16. The lowest BCUT2D eigenvalue weighted by Gasteiger charge is -2.26. The zero-order chi connectivity index (χ0) is 14.1. The van der Waals surface area contributed by atoms with Crippen molar-refractivity contribution in [3.63, 3.8) is 0 Å². The first-order chi connectivity index (χ1) is 9.66. The lowest BCUT2D eigenvalue weighted by Crippen LogP contribution is -2.38. The van der Waals surface area contributed by atoms with E-state index in [0.717, 1.165) is 11.9 Å². The molecule has 0 unspecified atom stereocenters. The number of aromatic amines is 1. The molecule has 1 heterocycles. The summed E-state index contributed by atoms with van der Waals surface area (Å²) in [6.07, 6.45) is 5.82. The summed E-state index contributed by atoms with van der Waals surface area (Å²) in [4.78, 5) is 17.8. The molecule has 1 fully saturated rings. The van der Waals surface area contributed by atoms with Gasteiger partial charge >= 0.3 is 0 Å². The Morgan fingerprint density at radius 3 is 2.80 bits per heavy atom. The molecule has 2 aromatic rings. The van der Waals surface area contributed by atoms with Crippen molar-refractivity contribution >= 4 is 16.8 Å². The second kappa shape index (κ2) is 5.31. The minimum Gasteiger partial charge on any atom is -0.361 e. The van der Waals surface area contributed by atoms with Crippen LogP contribution < -0.4 is 0 Å². The van der Waals surface area contributed by atoms with Gasteiger partial charge in [-0.05, 0) is 44.7 Å². The van der Waals surface area contributed by atoms with Crippen molar-refractivity contribution in [1.29, 1.82) is 0 Å². The fourth-order valence-electron chi connectivity index (χ4n) is 2.98. The number of para-hydroxylation sites is 1. The van der Waals surface area contributed by atoms with E-state index in [4.69, 9.17) is 0 Å². The molecule has 0 atom stereocenters. The second-order valence-corrected chi connectivity index (χ2v) is 5.99. The summed E-state index contributed by atoms with van der Waals surface area (Å²) in [5.41, 5.74) is 2.39. The number of nitrogens with one attached hydrogen (secondary N) is 1. The number of carbonyl (C=O) groups is 1. The maximum atomic E-state index is 12.4. The number of amides is 1. The lowest BCUT2D eigenvalue weighted by molar-refractivity contribution is -0.133. The summed E-state index contributed by atoms with van der Waals surface area (Å²) in [6, 6.07) is 9.09. The number of aryl methyl sites for hydroxylation is 1. The zero-order valence-corrected chi connectivity index (χ0v) is 12.2. The Morgan fingerprint density at radius 1 is 1.35 bits per heavy atom. The van der Waals surface area contributed by atoms with Crippen molar-refractivity contribution < 1.29 is 4.79 Å². The van der Waals surface area contributed by atoms with Crippen LogP contribution >= 0.6 is 0 Å². The van der Waals surface area contributed by atoms with E-state index >= 15 is 0 Å². The van der Waals surface area contributed by atoms with Gasteiger partial charge in [-0.3, -0.25) is 4.79 Å². The maximum absolute atomic E-state index is 12.4. The van der Waals surface area contributed by atoms with Crippen molar-refractivity contribution in [2.75, 3.05) is 0 Å². The highest BCUT2D eigenvalue weighted by molar-refractivity contribution is 5.84. The van der Waals surface area contributed by atoms with E-state index in [1.807, 2.05) is 18.3 Å². The highest BCUT2D eigenvalue weighted by atomic mass is 16.2. The number of H-pyrrole nitrogens is 1. The summed E-state index contributed by atoms with van der Waals surface area (Å²) in [7, 11) is 0. The zero-order valence-electron chi connectivity index (χ0n) is 12.2. The van der Waals surface area contributed by atoms with Crippen molar-refractivity contribution in [2.45, 2.75) is 51.6 Å². The monoisotopic (exact) mass is 270 g/mol. The predicted octanol–water partition coefficient (Wildman–Crippen LogP) is 3.50. The minimum atomic E-state index is 0.299. The van der Waals surface area contributed by atoms with Gasteiger partial charge in [-0.25, -0.2) is 0 Å². The van der Waals surface area contributed by atoms with Crippen molar-refractivity contribution in [1.82, 2.24) is 9.88 Å². The average molecular weight is 270 g/mol. The van der Waals surface area contributed by atoms with Gasteiger partial charge in [-0.1, -0.05) is 18.2 Å². The van der Waals surface area contributed by atoms with Crippen LogP contribution in [-0.2, 0) is 11.2 Å². The topological polar surface area (TPSA) is 36.1 Å². The predicted molar refractivity (Wildman–Crippen MR) is 81.6 cm³/mol. The molecule has 3 heteroatoms. The Hall–Kier alpha value is -1.77. The molecule has 0 bridgehead atoms. The molecule has 0 radical (unpaired) electrons. The van der Waals surface area contributed by atoms with E-state index in [1.165, 1.54) is 23.8 Å². The Bertz CT molecular complexity index is 608. The van der Waals surface area contributed by atoms with Crippen LogP contribution in [0.15, 0.2) is 30.5 Å². The second-order valence-electron chi connectivity index (χ2n) is 5.99. The minimum absolute atomic E-state index is 0.299. The Balaban J connectivity index is 1.68. The van der Waals surface area contributed by atoms with Gasteiger partial charge in [0.25, 0.3) is 0 Å². The van der Waals surface area contributed by atoms with Crippen molar-refractivity contribution in [3.8, 4) is 0 Å². The highest BCUT2D eigenvalue weighted by Crippen LogP contribution is 2.29. The molecule has 3 rings (SSSR count). The molecule has 0 spiro atoms. The number of benzene rings is 1. The molecule has 1 aromatic heterocycles. The fraction of sp³-hybridized carbons (Fsp3) is 0.471. The molecule has 0 aliphatic heterocycles. The molecule has 0 saturated heterocycles. The van der Waals surface area contributed by atoms with Crippen LogP contribution in [0.4, 0.5) is 0 Å². The molecule has 1 aliphatic carbocycles. The molecular formula is C17H22N2O. The maximum Gasteiger partial charge on any atom is 0.223 e. The van der Waals surface area contributed by atoms with Crippen LogP contribution in [0.1, 0.15) is 38.7 Å². The number of hydrogen-bond donors (Lipinski definition) is 1. The van der Waals surface area contributed by atoms with Crippen LogP contribution in [0.25, 0.3) is 10.9 Å². The van der Waals surface area contributed by atoms with Gasteiger partial charge in [0, 0.05) is 35.6 Å². The Morgan fingerprint density at radius 2 is 2.10 bits per heavy atom. The normalized spacial score (nSPS) is 14.9. The van der Waals surface area contributed by atoms with Crippen LogP contribution in [0.3, 0.4) is 0 Å². The third kappa shape index (κ3) is 2.58. The van der Waals surface area contributed by atoms with Gasteiger partial charge in [-0.15, -0.1) is 0 Å². The van der Waals surface area contributed by atoms with Gasteiger partial charge in [0.15, 0.2) is 0 Å². The highest BCUT2D eigenvalue weighted by Gasteiger charge is 2.33. The molecule has 1 amide bonds. The first-order valence-corrected chi connectivity index (χ1v) is 7.53. The smallest absolute Gasteiger partial charge is 0.223 e. The van der Waals surface area contributed by atoms with E-state index in [0.29, 0.717) is 24.4 Å². The van der Waals surface area contributed by atoms with E-state index < -0.39 is 0 Å². The number of carbonyl (C=O) groups excluding carboxylic acids is 1. The van der Waals surface area contributed by atoms with Crippen LogP contribution in [-0.4, -0.2) is 27.9 Å². The van der Waals surface area contributed by atoms with Crippen LogP contribution in [0, 0.1) is 0 Å². The first-order valence-electron chi connectivity index (χ1n) is 7.53. The number of fused-ring (bicyclic) bond motifs is 1. The summed E-state index contributed by atoms with van der Waals surface area (Å²) in [6.45, 7) is 4.23. The molecule has 1 N–H and O–H groups in total. The van der Waals surface area contributed by atoms with E-state index in [1.54, 1.807) is 0 Å². The quantitative estimate of drug-likeness (QED) is 0.887. The summed E-state index contributed by atoms with van der Waals surface area (Å²) >= 11 is 0. The fourth-order valence-corrected chi connectivity index (χ4v) is 2.98. The van der Waals surface area contributed by atoms with E-state index in [9.17, 15) is 4.79 Å². The molecule has 1 saturated carbocycles. The number of nitrogens with zero attached hydrogens (tertiary/aromatic N) is 1. The molecule has 1 aliphatic rings. The molecule has 1 aromatic carbocycles. The standard InChI is InChI=1S/C17H22N2O/c1-12(2)19(14-8-9-14)17(20)10-7-13-11-18-16-6-4-3-5-15(13)16/h3-6,11-12,14,18H,7-10H2,1-2H3. The lowest BCUT2D eigenvalue weighted by atomic mass is 10.1. The van der Waals surface area contributed by atoms with Gasteiger partial charge < -0.3 is 9.88 Å². The third-order valence-electron chi connectivity index (χ3n) is 4.07. The van der Waals surface area contributed by atoms with Crippen molar-refractivity contribution in [3.05, 3.63) is 36.0 Å². The van der Waals surface area contributed by atoms with Gasteiger partial charge in [0.05, 0.1) is 0 Å². The van der Waals surface area contributed by atoms with Gasteiger partial charge in [0.2, 0.25) is 5.91 Å². The number of hydrogen-bond acceptors (Lipinski definition) is 1. The third-order valence-corrected chi connectivity index (χ3v) is 4.07.